The second kappa shape index (κ2) is 7.38. The second-order valence-electron chi connectivity index (χ2n) is 6.03. The molecule has 1 fully saturated rings. The van der Waals surface area contributed by atoms with Crippen molar-refractivity contribution in [2.45, 2.75) is 13.3 Å². The van der Waals surface area contributed by atoms with Gasteiger partial charge in [-0.2, -0.15) is 0 Å². The molecule has 3 rings (SSSR count). The number of amides is 1. The molecule has 1 aromatic carbocycles. The van der Waals surface area contributed by atoms with Crippen LogP contribution in [0.1, 0.15) is 21.7 Å². The predicted octanol–water partition coefficient (Wildman–Crippen LogP) is 2.39. The van der Waals surface area contributed by atoms with Crippen LogP contribution in [0.3, 0.4) is 0 Å². The van der Waals surface area contributed by atoms with Gasteiger partial charge in [0.05, 0.1) is 0 Å². The van der Waals surface area contributed by atoms with Crippen molar-refractivity contribution in [2.75, 3.05) is 32.7 Å². The van der Waals surface area contributed by atoms with E-state index in [-0.39, 0.29) is 5.91 Å². The fraction of sp³-hybridized carbons (Fsp3) is 0.368. The summed E-state index contributed by atoms with van der Waals surface area (Å²) in [6, 6.07) is 16.2. The highest BCUT2D eigenvalue weighted by Crippen LogP contribution is 2.09. The van der Waals surface area contributed by atoms with Crippen molar-refractivity contribution >= 4 is 5.91 Å². The number of hydrogen-bond acceptors (Lipinski definition) is 3. The second-order valence-corrected chi connectivity index (χ2v) is 6.03. The maximum atomic E-state index is 12.5. The third-order valence-electron chi connectivity index (χ3n) is 4.33. The highest BCUT2D eigenvalue weighted by molar-refractivity contribution is 5.92. The first kappa shape index (κ1) is 15.7. The average molecular weight is 309 g/mol. The predicted molar refractivity (Wildman–Crippen MR) is 91.5 cm³/mol. The zero-order valence-corrected chi connectivity index (χ0v) is 13.6. The Bertz CT molecular complexity index is 649. The zero-order chi connectivity index (χ0) is 16.1. The van der Waals surface area contributed by atoms with E-state index in [0.29, 0.717) is 5.69 Å². The quantitative estimate of drug-likeness (QED) is 0.870. The molecule has 0 radical (unpaired) electrons. The fourth-order valence-electron chi connectivity index (χ4n) is 2.93. The summed E-state index contributed by atoms with van der Waals surface area (Å²) in [6.07, 6.45) is 1.06. The van der Waals surface area contributed by atoms with Crippen LogP contribution in [0.5, 0.6) is 0 Å². The molecule has 1 aliphatic heterocycles. The molecule has 2 heterocycles. The Balaban J connectivity index is 1.49. The van der Waals surface area contributed by atoms with Crippen LogP contribution >= 0.6 is 0 Å². The molecule has 0 bridgehead atoms. The van der Waals surface area contributed by atoms with Crippen LogP contribution in [0.15, 0.2) is 48.5 Å². The molecule has 0 aliphatic carbocycles. The lowest BCUT2D eigenvalue weighted by Gasteiger charge is -2.34. The molecule has 23 heavy (non-hydrogen) atoms. The van der Waals surface area contributed by atoms with Gasteiger partial charge in [-0.05, 0) is 31.0 Å². The summed E-state index contributed by atoms with van der Waals surface area (Å²) in [6.45, 7) is 6.40. The van der Waals surface area contributed by atoms with E-state index in [9.17, 15) is 4.79 Å². The number of hydrogen-bond donors (Lipinski definition) is 0. The molecule has 0 atom stereocenters. The maximum absolute atomic E-state index is 12.5. The van der Waals surface area contributed by atoms with Gasteiger partial charge in [0.25, 0.3) is 5.91 Å². The summed E-state index contributed by atoms with van der Waals surface area (Å²) < 4.78 is 0. The molecule has 1 amide bonds. The molecule has 0 saturated carbocycles. The van der Waals surface area contributed by atoms with Crippen molar-refractivity contribution in [3.63, 3.8) is 0 Å². The maximum Gasteiger partial charge on any atom is 0.272 e. The van der Waals surface area contributed by atoms with Gasteiger partial charge in [-0.15, -0.1) is 0 Å². The third-order valence-corrected chi connectivity index (χ3v) is 4.33. The van der Waals surface area contributed by atoms with Crippen LogP contribution < -0.4 is 0 Å². The minimum absolute atomic E-state index is 0.0522. The summed E-state index contributed by atoms with van der Waals surface area (Å²) >= 11 is 0. The van der Waals surface area contributed by atoms with Gasteiger partial charge in [-0.25, -0.2) is 4.98 Å². The number of carbonyl (C=O) groups excluding carboxylic acids is 1. The summed E-state index contributed by atoms with van der Waals surface area (Å²) in [7, 11) is 0. The summed E-state index contributed by atoms with van der Waals surface area (Å²) in [5, 5.41) is 0. The monoisotopic (exact) mass is 309 g/mol. The van der Waals surface area contributed by atoms with E-state index in [2.05, 4.69) is 34.1 Å². The first-order valence-corrected chi connectivity index (χ1v) is 8.21. The Hall–Kier alpha value is -2.20. The van der Waals surface area contributed by atoms with Gasteiger partial charge >= 0.3 is 0 Å². The standard InChI is InChI=1S/C19H23N3O/c1-16-6-5-9-18(20-16)19(23)22-14-12-21(13-15-22)11-10-17-7-3-2-4-8-17/h2-9H,10-15H2,1H3. The number of benzene rings is 1. The van der Waals surface area contributed by atoms with E-state index in [1.54, 1.807) is 6.07 Å². The van der Waals surface area contributed by atoms with E-state index in [1.165, 1.54) is 5.56 Å². The van der Waals surface area contributed by atoms with E-state index in [4.69, 9.17) is 0 Å². The largest absolute Gasteiger partial charge is 0.335 e. The molecule has 0 spiro atoms. The van der Waals surface area contributed by atoms with Gasteiger partial charge in [0.1, 0.15) is 5.69 Å². The molecule has 4 nitrogen and oxygen atoms in total. The van der Waals surface area contributed by atoms with Crippen molar-refractivity contribution in [3.8, 4) is 0 Å². The van der Waals surface area contributed by atoms with Crippen molar-refractivity contribution in [1.29, 1.82) is 0 Å². The van der Waals surface area contributed by atoms with Gasteiger partial charge in [-0.1, -0.05) is 36.4 Å². The number of aryl methyl sites for hydroxylation is 1. The Morgan fingerprint density at radius 2 is 1.74 bits per heavy atom. The van der Waals surface area contributed by atoms with Crippen LogP contribution in [0, 0.1) is 6.92 Å². The number of rotatable bonds is 4. The van der Waals surface area contributed by atoms with Crippen LogP contribution in [-0.4, -0.2) is 53.4 Å². The SMILES string of the molecule is Cc1cccc(C(=O)N2CCN(CCc3ccccc3)CC2)n1. The smallest absolute Gasteiger partial charge is 0.272 e. The Morgan fingerprint density at radius 1 is 1.00 bits per heavy atom. The summed E-state index contributed by atoms with van der Waals surface area (Å²) in [5.41, 5.74) is 2.81. The van der Waals surface area contributed by atoms with Gasteiger partial charge in [-0.3, -0.25) is 9.69 Å². The summed E-state index contributed by atoms with van der Waals surface area (Å²) in [4.78, 5) is 21.2. The number of pyridine rings is 1. The van der Waals surface area contributed by atoms with Crippen molar-refractivity contribution in [2.24, 2.45) is 0 Å². The Labute approximate surface area is 137 Å². The van der Waals surface area contributed by atoms with Crippen LogP contribution in [0.2, 0.25) is 0 Å². The minimum Gasteiger partial charge on any atom is -0.335 e. The van der Waals surface area contributed by atoms with Crippen LogP contribution in [0.25, 0.3) is 0 Å². The lowest BCUT2D eigenvalue weighted by atomic mass is 10.1. The number of carbonyl (C=O) groups is 1. The van der Waals surface area contributed by atoms with Crippen LogP contribution in [-0.2, 0) is 6.42 Å². The zero-order valence-electron chi connectivity index (χ0n) is 13.6. The number of nitrogens with zero attached hydrogens (tertiary/aromatic N) is 3. The molecule has 4 heteroatoms. The molecule has 2 aromatic rings. The fourth-order valence-corrected chi connectivity index (χ4v) is 2.93. The van der Waals surface area contributed by atoms with E-state index in [0.717, 1.165) is 44.8 Å². The highest BCUT2D eigenvalue weighted by Gasteiger charge is 2.22. The van der Waals surface area contributed by atoms with Gasteiger partial charge in [0, 0.05) is 38.4 Å². The molecule has 0 unspecified atom stereocenters. The molecular weight excluding hydrogens is 286 g/mol. The molecule has 1 aliphatic rings. The van der Waals surface area contributed by atoms with E-state index in [1.807, 2.05) is 30.0 Å². The van der Waals surface area contributed by atoms with E-state index < -0.39 is 0 Å². The van der Waals surface area contributed by atoms with Gasteiger partial charge in [0.2, 0.25) is 0 Å². The van der Waals surface area contributed by atoms with Gasteiger partial charge in [0.15, 0.2) is 0 Å². The lowest BCUT2D eigenvalue weighted by molar-refractivity contribution is 0.0632. The molecule has 1 saturated heterocycles. The topological polar surface area (TPSA) is 36.4 Å². The third kappa shape index (κ3) is 4.17. The van der Waals surface area contributed by atoms with Crippen molar-refractivity contribution in [3.05, 3.63) is 65.5 Å². The van der Waals surface area contributed by atoms with Crippen molar-refractivity contribution in [1.82, 2.24) is 14.8 Å². The van der Waals surface area contributed by atoms with Crippen molar-refractivity contribution < 1.29 is 4.79 Å². The number of piperazine rings is 1. The molecule has 1 aromatic heterocycles. The Morgan fingerprint density at radius 3 is 2.43 bits per heavy atom. The van der Waals surface area contributed by atoms with Gasteiger partial charge < -0.3 is 4.90 Å². The molecule has 120 valence electrons. The lowest BCUT2D eigenvalue weighted by Crippen LogP contribution is -2.49. The highest BCUT2D eigenvalue weighted by atomic mass is 16.2. The average Bonchev–Trinajstić information content (AvgIpc) is 2.61. The van der Waals surface area contributed by atoms with E-state index >= 15 is 0 Å². The normalized spacial score (nSPS) is 15.6. The number of aromatic nitrogens is 1. The summed E-state index contributed by atoms with van der Waals surface area (Å²) in [5.74, 6) is 0.0522. The minimum atomic E-state index is 0.0522. The molecule has 0 N–H and O–H groups in total. The first-order valence-electron chi connectivity index (χ1n) is 8.21. The Kier molecular flexibility index (Phi) is 5.03. The first-order chi connectivity index (χ1) is 11.2. The molecular formula is C19H23N3O. The van der Waals surface area contributed by atoms with Crippen LogP contribution in [0.4, 0.5) is 0 Å².